The van der Waals surface area contributed by atoms with Gasteiger partial charge in [0.15, 0.2) is 6.29 Å². The van der Waals surface area contributed by atoms with E-state index in [0.29, 0.717) is 6.42 Å². The molecule has 1 aromatic heterocycles. The monoisotopic (exact) mass is 691 g/mol. The van der Waals surface area contributed by atoms with Gasteiger partial charge in [0.05, 0.1) is 23.7 Å². The summed E-state index contributed by atoms with van der Waals surface area (Å²) < 4.78 is 41.7. The molecule has 0 bridgehead atoms. The highest BCUT2D eigenvalue weighted by Crippen LogP contribution is 2.39. The SMILES string of the molecule is O=S(=O)(NCc1cccc(-c2cccc([C@H]3O[C@@H](CN4CCN(c5ncccn5)CC4)C[C@@H](c4ccc(CO)cc4)O3)c2)c1)c1ccccc1. The predicted octanol–water partition coefficient (Wildman–Crippen LogP) is 5.48. The fourth-order valence-electron chi connectivity index (χ4n) is 6.49. The summed E-state index contributed by atoms with van der Waals surface area (Å²) in [5, 5.41) is 9.60. The number of hydrogen-bond donors (Lipinski definition) is 2. The number of anilines is 1. The van der Waals surface area contributed by atoms with Gasteiger partial charge in [0, 0.05) is 63.6 Å². The third-order valence-electron chi connectivity index (χ3n) is 9.22. The molecule has 3 heterocycles. The molecule has 0 unspecified atom stereocenters. The van der Waals surface area contributed by atoms with Crippen molar-refractivity contribution >= 4 is 16.0 Å². The summed E-state index contributed by atoms with van der Waals surface area (Å²) in [6, 6.07) is 34.2. The minimum atomic E-state index is -3.63. The molecule has 5 aromatic rings. The molecule has 11 heteroatoms. The standard InChI is InChI=1S/C39H41N5O5S/c45-28-29-13-15-31(16-14-29)37-25-35(27-43-19-21-44(22-20-43)39-40-17-6-18-41-39)48-38(49-37)34-10-5-9-33(24-34)32-8-4-7-30(23-32)26-42-50(46,47)36-11-2-1-3-12-36/h1-18,23-24,35,37-38,42,45H,19-22,25-28H2/t35-,37+,38+/m1/s1. The lowest BCUT2D eigenvalue weighted by Gasteiger charge is -2.40. The van der Waals surface area contributed by atoms with Crippen molar-refractivity contribution in [1.29, 1.82) is 0 Å². The van der Waals surface area contributed by atoms with Crippen LogP contribution in [0.3, 0.4) is 0 Å². The molecule has 2 N–H and O–H groups in total. The number of nitrogens with zero attached hydrogens (tertiary/aromatic N) is 4. The Morgan fingerprint density at radius 1 is 0.740 bits per heavy atom. The normalized spacial score (nSPS) is 20.1. The van der Waals surface area contributed by atoms with E-state index >= 15 is 0 Å². The van der Waals surface area contributed by atoms with Gasteiger partial charge >= 0.3 is 0 Å². The van der Waals surface area contributed by atoms with Crippen LogP contribution in [0.25, 0.3) is 11.1 Å². The molecule has 2 fully saturated rings. The topological polar surface area (TPSA) is 117 Å². The summed E-state index contributed by atoms with van der Waals surface area (Å²) in [7, 11) is -3.63. The average molecular weight is 692 g/mol. The van der Waals surface area contributed by atoms with Crippen LogP contribution in [0.15, 0.2) is 126 Å². The van der Waals surface area contributed by atoms with E-state index in [0.717, 1.165) is 72.1 Å². The van der Waals surface area contributed by atoms with Gasteiger partial charge in [0.25, 0.3) is 0 Å². The summed E-state index contributed by atoms with van der Waals surface area (Å²) in [4.78, 5) is 13.7. The molecule has 50 heavy (non-hydrogen) atoms. The number of aliphatic hydroxyl groups excluding tert-OH is 1. The maximum atomic E-state index is 12.8. The Morgan fingerprint density at radius 2 is 1.46 bits per heavy atom. The number of sulfonamides is 1. The third kappa shape index (κ3) is 8.27. The number of aliphatic hydroxyl groups is 1. The van der Waals surface area contributed by atoms with Crippen molar-refractivity contribution in [2.24, 2.45) is 0 Å². The van der Waals surface area contributed by atoms with Crippen LogP contribution in [0.2, 0.25) is 0 Å². The molecule has 0 radical (unpaired) electrons. The highest BCUT2D eigenvalue weighted by Gasteiger charge is 2.34. The number of piperazine rings is 1. The first-order chi connectivity index (χ1) is 24.4. The van der Waals surface area contributed by atoms with Gasteiger partial charge in [0.2, 0.25) is 16.0 Å². The van der Waals surface area contributed by atoms with Crippen molar-refractivity contribution in [1.82, 2.24) is 19.6 Å². The fourth-order valence-corrected chi connectivity index (χ4v) is 7.53. The quantitative estimate of drug-likeness (QED) is 0.186. The van der Waals surface area contributed by atoms with Crippen LogP contribution < -0.4 is 9.62 Å². The third-order valence-corrected chi connectivity index (χ3v) is 10.6. The Kier molecular flexibility index (Phi) is 10.6. The number of hydrogen-bond acceptors (Lipinski definition) is 9. The maximum absolute atomic E-state index is 12.8. The highest BCUT2D eigenvalue weighted by atomic mass is 32.2. The van der Waals surface area contributed by atoms with Gasteiger partial charge in [-0.25, -0.2) is 23.1 Å². The molecule has 3 atom stereocenters. The number of nitrogens with one attached hydrogen (secondary N) is 1. The fraction of sp³-hybridized carbons (Fsp3) is 0.282. The van der Waals surface area contributed by atoms with E-state index in [-0.39, 0.29) is 30.3 Å². The van der Waals surface area contributed by atoms with E-state index in [1.807, 2.05) is 72.8 Å². The van der Waals surface area contributed by atoms with Crippen LogP contribution in [0, 0.1) is 0 Å². The highest BCUT2D eigenvalue weighted by molar-refractivity contribution is 7.89. The molecule has 10 nitrogen and oxygen atoms in total. The average Bonchev–Trinajstić information content (AvgIpc) is 3.18. The second-order valence-corrected chi connectivity index (χ2v) is 14.4. The number of rotatable bonds is 11. The molecule has 2 aliphatic heterocycles. The molecular formula is C39H41N5O5S. The minimum Gasteiger partial charge on any atom is -0.392 e. The lowest BCUT2D eigenvalue weighted by atomic mass is 9.98. The summed E-state index contributed by atoms with van der Waals surface area (Å²) in [6.07, 6.45) is 3.42. The lowest BCUT2D eigenvalue weighted by molar-refractivity contribution is -0.253. The molecular weight excluding hydrogens is 651 g/mol. The van der Waals surface area contributed by atoms with Crippen molar-refractivity contribution in [3.63, 3.8) is 0 Å². The number of benzene rings is 4. The van der Waals surface area contributed by atoms with Gasteiger partial charge in [-0.1, -0.05) is 78.9 Å². The van der Waals surface area contributed by atoms with Crippen molar-refractivity contribution in [2.75, 3.05) is 37.6 Å². The first-order valence-corrected chi connectivity index (χ1v) is 18.4. The molecule has 258 valence electrons. The van der Waals surface area contributed by atoms with Crippen LogP contribution in [0.1, 0.15) is 41.1 Å². The summed E-state index contributed by atoms with van der Waals surface area (Å²) in [5.41, 5.74) is 5.61. The van der Waals surface area contributed by atoms with Gasteiger partial charge in [-0.3, -0.25) is 4.90 Å². The predicted molar refractivity (Wildman–Crippen MR) is 191 cm³/mol. The minimum absolute atomic E-state index is 0.00689. The summed E-state index contributed by atoms with van der Waals surface area (Å²) >= 11 is 0. The van der Waals surface area contributed by atoms with E-state index in [4.69, 9.17) is 9.47 Å². The Bertz CT molecular complexity index is 1960. The number of ether oxygens (including phenoxy) is 2. The molecule has 0 amide bonds. The smallest absolute Gasteiger partial charge is 0.240 e. The van der Waals surface area contributed by atoms with Gasteiger partial charge in [-0.05, 0) is 58.1 Å². The summed E-state index contributed by atoms with van der Waals surface area (Å²) in [5.74, 6) is 0.764. The number of aromatic nitrogens is 2. The van der Waals surface area contributed by atoms with Gasteiger partial charge in [-0.15, -0.1) is 0 Å². The van der Waals surface area contributed by atoms with Gasteiger partial charge in [0.1, 0.15) is 0 Å². The van der Waals surface area contributed by atoms with E-state index in [9.17, 15) is 13.5 Å². The zero-order valence-corrected chi connectivity index (χ0v) is 28.5. The maximum Gasteiger partial charge on any atom is 0.240 e. The zero-order chi connectivity index (χ0) is 34.3. The first kappa shape index (κ1) is 34.0. The Hall–Kier alpha value is -4.49. The Morgan fingerprint density at radius 3 is 2.20 bits per heavy atom. The van der Waals surface area contributed by atoms with Crippen molar-refractivity contribution in [3.8, 4) is 11.1 Å². The Labute approximate surface area is 293 Å². The zero-order valence-electron chi connectivity index (χ0n) is 27.7. The van der Waals surface area contributed by atoms with Crippen LogP contribution >= 0.6 is 0 Å². The van der Waals surface area contributed by atoms with Crippen LogP contribution in [0.4, 0.5) is 5.95 Å². The van der Waals surface area contributed by atoms with Crippen LogP contribution in [-0.2, 0) is 32.6 Å². The van der Waals surface area contributed by atoms with E-state index in [1.165, 1.54) is 0 Å². The molecule has 0 aliphatic carbocycles. The first-order valence-electron chi connectivity index (χ1n) is 16.9. The second kappa shape index (κ2) is 15.6. The molecule has 4 aromatic carbocycles. The molecule has 2 saturated heterocycles. The van der Waals surface area contributed by atoms with Crippen LogP contribution in [-0.4, -0.2) is 67.2 Å². The van der Waals surface area contributed by atoms with E-state index in [1.54, 1.807) is 42.7 Å². The van der Waals surface area contributed by atoms with Crippen LogP contribution in [0.5, 0.6) is 0 Å². The second-order valence-electron chi connectivity index (χ2n) is 12.7. The van der Waals surface area contributed by atoms with Gasteiger partial charge in [-0.2, -0.15) is 0 Å². The lowest BCUT2D eigenvalue weighted by Crippen LogP contribution is -2.50. The Balaban J connectivity index is 1.07. The summed E-state index contributed by atoms with van der Waals surface area (Å²) in [6.45, 7) is 4.39. The molecule has 7 rings (SSSR count). The molecule has 2 aliphatic rings. The molecule has 0 spiro atoms. The van der Waals surface area contributed by atoms with Crippen molar-refractivity contribution in [3.05, 3.63) is 144 Å². The van der Waals surface area contributed by atoms with Crippen molar-refractivity contribution < 1.29 is 23.0 Å². The largest absolute Gasteiger partial charge is 0.392 e. The van der Waals surface area contributed by atoms with Crippen molar-refractivity contribution in [2.45, 2.75) is 43.0 Å². The van der Waals surface area contributed by atoms with E-state index < -0.39 is 16.3 Å². The van der Waals surface area contributed by atoms with Gasteiger partial charge < -0.3 is 19.5 Å². The van der Waals surface area contributed by atoms with E-state index in [2.05, 4.69) is 30.6 Å². The molecule has 0 saturated carbocycles.